The van der Waals surface area contributed by atoms with Gasteiger partial charge in [-0.25, -0.2) is 4.39 Å². The summed E-state index contributed by atoms with van der Waals surface area (Å²) in [5, 5.41) is 2.65. The quantitative estimate of drug-likeness (QED) is 0.726. The molecule has 1 heterocycles. The van der Waals surface area contributed by atoms with E-state index in [4.69, 9.17) is 0 Å². The van der Waals surface area contributed by atoms with Gasteiger partial charge in [-0.1, -0.05) is 30.3 Å². The summed E-state index contributed by atoms with van der Waals surface area (Å²) < 4.78 is 13.5. The van der Waals surface area contributed by atoms with E-state index in [9.17, 15) is 9.18 Å². The second-order valence-electron chi connectivity index (χ2n) is 3.84. The van der Waals surface area contributed by atoms with E-state index < -0.39 is 11.6 Å². The lowest BCUT2D eigenvalue weighted by Gasteiger charge is -2.10. The van der Waals surface area contributed by atoms with Crippen LogP contribution in [0.15, 0.2) is 30.3 Å². The number of halogens is 1. The monoisotopic (exact) mass is 193 g/mol. The Hall–Kier alpha value is -1.38. The SMILES string of the molecule is CC1(F)CC(c2ccccc2)NC1=O. The van der Waals surface area contributed by atoms with E-state index in [1.165, 1.54) is 6.92 Å². The molecule has 2 nitrogen and oxygen atoms in total. The number of rotatable bonds is 1. The van der Waals surface area contributed by atoms with Gasteiger partial charge in [0.15, 0.2) is 5.67 Å². The summed E-state index contributed by atoms with van der Waals surface area (Å²) in [7, 11) is 0. The highest BCUT2D eigenvalue weighted by Crippen LogP contribution is 2.33. The molecule has 0 aromatic heterocycles. The summed E-state index contributed by atoms with van der Waals surface area (Å²) in [5.41, 5.74) is -0.761. The van der Waals surface area contributed by atoms with E-state index in [2.05, 4.69) is 5.32 Å². The van der Waals surface area contributed by atoms with Crippen LogP contribution in [0.5, 0.6) is 0 Å². The van der Waals surface area contributed by atoms with Crippen molar-refractivity contribution in [1.29, 1.82) is 0 Å². The maximum atomic E-state index is 13.5. The summed E-state index contributed by atoms with van der Waals surface area (Å²) in [5.74, 6) is -0.508. The Kier molecular flexibility index (Phi) is 2.02. The average molecular weight is 193 g/mol. The molecule has 2 unspecified atom stereocenters. The molecule has 0 aliphatic carbocycles. The van der Waals surface area contributed by atoms with Gasteiger partial charge in [0.25, 0.3) is 5.91 Å². The zero-order chi connectivity index (χ0) is 10.2. The molecule has 1 aromatic carbocycles. The minimum absolute atomic E-state index is 0.182. The van der Waals surface area contributed by atoms with E-state index in [1.807, 2.05) is 30.3 Å². The second kappa shape index (κ2) is 3.08. The molecule has 74 valence electrons. The molecule has 0 bridgehead atoms. The van der Waals surface area contributed by atoms with Crippen LogP contribution in [-0.2, 0) is 4.79 Å². The predicted octanol–water partition coefficient (Wildman–Crippen LogP) is 1.98. The first kappa shape index (κ1) is 9.19. The number of hydrogen-bond donors (Lipinski definition) is 1. The highest BCUT2D eigenvalue weighted by atomic mass is 19.1. The van der Waals surface area contributed by atoms with Crippen molar-refractivity contribution in [3.63, 3.8) is 0 Å². The highest BCUT2D eigenvalue weighted by molar-refractivity contribution is 5.87. The lowest BCUT2D eigenvalue weighted by molar-refractivity contribution is -0.128. The molecule has 1 N–H and O–H groups in total. The van der Waals surface area contributed by atoms with E-state index in [0.717, 1.165) is 5.56 Å². The third-order valence-corrected chi connectivity index (χ3v) is 2.57. The third-order valence-electron chi connectivity index (χ3n) is 2.57. The number of benzene rings is 1. The van der Waals surface area contributed by atoms with Crippen molar-refractivity contribution < 1.29 is 9.18 Å². The predicted molar refractivity (Wildman–Crippen MR) is 51.5 cm³/mol. The van der Waals surface area contributed by atoms with Crippen LogP contribution in [0.3, 0.4) is 0 Å². The maximum Gasteiger partial charge on any atom is 0.257 e. The first-order valence-electron chi connectivity index (χ1n) is 4.64. The molecule has 1 aromatic rings. The number of amides is 1. The Bertz CT molecular complexity index is 348. The molecule has 2 rings (SSSR count). The molecular formula is C11H12FNO. The van der Waals surface area contributed by atoms with Gasteiger partial charge in [0.1, 0.15) is 0 Å². The summed E-state index contributed by atoms with van der Waals surface area (Å²) >= 11 is 0. The van der Waals surface area contributed by atoms with Gasteiger partial charge in [0.2, 0.25) is 0 Å². The molecule has 3 heteroatoms. The van der Waals surface area contributed by atoms with Crippen molar-refractivity contribution in [2.45, 2.75) is 25.1 Å². The zero-order valence-electron chi connectivity index (χ0n) is 7.96. The normalized spacial score (nSPS) is 31.6. The molecule has 1 fully saturated rings. The van der Waals surface area contributed by atoms with Crippen molar-refractivity contribution in [3.8, 4) is 0 Å². The molecule has 14 heavy (non-hydrogen) atoms. The van der Waals surface area contributed by atoms with Gasteiger partial charge in [0.05, 0.1) is 6.04 Å². The lowest BCUT2D eigenvalue weighted by Crippen LogP contribution is -2.30. The lowest BCUT2D eigenvalue weighted by atomic mass is 9.99. The minimum Gasteiger partial charge on any atom is -0.346 e. The molecule has 1 amide bonds. The van der Waals surface area contributed by atoms with E-state index in [0.29, 0.717) is 0 Å². The van der Waals surface area contributed by atoms with Crippen molar-refractivity contribution in [2.24, 2.45) is 0 Å². The van der Waals surface area contributed by atoms with Gasteiger partial charge in [-0.2, -0.15) is 0 Å². The summed E-state index contributed by atoms with van der Waals surface area (Å²) in [6, 6.07) is 9.27. The fourth-order valence-electron chi connectivity index (χ4n) is 1.72. The second-order valence-corrected chi connectivity index (χ2v) is 3.84. The van der Waals surface area contributed by atoms with Gasteiger partial charge < -0.3 is 5.32 Å². The Labute approximate surface area is 82.1 Å². The molecule has 0 saturated carbocycles. The summed E-state index contributed by atoms with van der Waals surface area (Å²) in [4.78, 5) is 11.2. The Morgan fingerprint density at radius 3 is 2.57 bits per heavy atom. The number of alkyl halides is 1. The maximum absolute atomic E-state index is 13.5. The molecule has 1 saturated heterocycles. The Morgan fingerprint density at radius 2 is 2.07 bits per heavy atom. The molecule has 0 spiro atoms. The summed E-state index contributed by atoms with van der Waals surface area (Å²) in [6.07, 6.45) is 0.218. The average Bonchev–Trinajstić information content (AvgIpc) is 2.43. The van der Waals surface area contributed by atoms with Gasteiger partial charge >= 0.3 is 0 Å². The van der Waals surface area contributed by atoms with Crippen LogP contribution < -0.4 is 5.32 Å². The number of nitrogens with one attached hydrogen (secondary N) is 1. The van der Waals surface area contributed by atoms with Crippen LogP contribution in [-0.4, -0.2) is 11.6 Å². The van der Waals surface area contributed by atoms with Crippen molar-refractivity contribution in [3.05, 3.63) is 35.9 Å². The molecule has 0 radical (unpaired) electrons. The fraction of sp³-hybridized carbons (Fsp3) is 0.364. The van der Waals surface area contributed by atoms with Gasteiger partial charge in [-0.05, 0) is 12.5 Å². The Balaban J connectivity index is 2.21. The number of carbonyl (C=O) groups is 1. The fourth-order valence-corrected chi connectivity index (χ4v) is 1.72. The summed E-state index contributed by atoms with van der Waals surface area (Å²) in [6.45, 7) is 1.32. The molecule has 1 aliphatic heterocycles. The van der Waals surface area contributed by atoms with Crippen molar-refractivity contribution >= 4 is 5.91 Å². The molecule has 1 aliphatic rings. The van der Waals surface area contributed by atoms with E-state index in [-0.39, 0.29) is 12.5 Å². The largest absolute Gasteiger partial charge is 0.346 e. The third kappa shape index (κ3) is 1.50. The van der Waals surface area contributed by atoms with Gasteiger partial charge in [0, 0.05) is 6.42 Å². The van der Waals surface area contributed by atoms with Crippen LogP contribution in [0.1, 0.15) is 24.9 Å². The highest BCUT2D eigenvalue weighted by Gasteiger charge is 2.43. The van der Waals surface area contributed by atoms with Crippen molar-refractivity contribution in [2.75, 3.05) is 0 Å². The topological polar surface area (TPSA) is 29.1 Å². The molecular weight excluding hydrogens is 181 g/mol. The van der Waals surface area contributed by atoms with Crippen LogP contribution >= 0.6 is 0 Å². The van der Waals surface area contributed by atoms with Gasteiger partial charge in [-0.3, -0.25) is 4.79 Å². The Morgan fingerprint density at radius 1 is 1.43 bits per heavy atom. The first-order chi connectivity index (χ1) is 6.59. The van der Waals surface area contributed by atoms with Crippen LogP contribution in [0, 0.1) is 0 Å². The number of hydrogen-bond acceptors (Lipinski definition) is 1. The molecule has 2 atom stereocenters. The van der Waals surface area contributed by atoms with E-state index in [1.54, 1.807) is 0 Å². The van der Waals surface area contributed by atoms with Crippen LogP contribution in [0.4, 0.5) is 4.39 Å². The van der Waals surface area contributed by atoms with Crippen molar-refractivity contribution in [1.82, 2.24) is 5.32 Å². The van der Waals surface area contributed by atoms with Gasteiger partial charge in [-0.15, -0.1) is 0 Å². The minimum atomic E-state index is -1.72. The number of carbonyl (C=O) groups excluding carboxylic acids is 1. The van der Waals surface area contributed by atoms with E-state index >= 15 is 0 Å². The standard InChI is InChI=1S/C11H12FNO/c1-11(12)7-9(13-10(11)14)8-5-3-2-4-6-8/h2-6,9H,7H2,1H3,(H,13,14). The first-order valence-corrected chi connectivity index (χ1v) is 4.64. The zero-order valence-corrected chi connectivity index (χ0v) is 7.96. The van der Waals surface area contributed by atoms with Crippen LogP contribution in [0.25, 0.3) is 0 Å². The van der Waals surface area contributed by atoms with Crippen LogP contribution in [0.2, 0.25) is 0 Å². The smallest absolute Gasteiger partial charge is 0.257 e.